The van der Waals surface area contributed by atoms with Gasteiger partial charge in [-0.2, -0.15) is 0 Å². The van der Waals surface area contributed by atoms with Crippen LogP contribution >= 0.6 is 15.9 Å². The standard InChI is InChI=1S/C11H14BrF2N/c1-6(2)5-9(15)10-8(13)4-3-7(12)11(10)14/h3-4,6,9H,5,15H2,1-2H3. The summed E-state index contributed by atoms with van der Waals surface area (Å²) >= 11 is 3.02. The van der Waals surface area contributed by atoms with E-state index in [9.17, 15) is 8.78 Å². The van der Waals surface area contributed by atoms with E-state index >= 15 is 0 Å². The Bertz CT molecular complexity index is 353. The Morgan fingerprint density at radius 2 is 1.93 bits per heavy atom. The van der Waals surface area contributed by atoms with E-state index in [4.69, 9.17) is 5.73 Å². The molecule has 4 heteroatoms. The van der Waals surface area contributed by atoms with Gasteiger partial charge in [0.15, 0.2) is 0 Å². The molecule has 0 aliphatic rings. The summed E-state index contributed by atoms with van der Waals surface area (Å²) in [6.07, 6.45) is 0.560. The van der Waals surface area contributed by atoms with Crippen LogP contribution in [0.2, 0.25) is 0 Å². The Kier molecular flexibility index (Phi) is 4.22. The maximum Gasteiger partial charge on any atom is 0.145 e. The molecule has 84 valence electrons. The van der Waals surface area contributed by atoms with Gasteiger partial charge in [0.05, 0.1) is 4.47 Å². The number of rotatable bonds is 3. The van der Waals surface area contributed by atoms with E-state index < -0.39 is 17.7 Å². The average molecular weight is 278 g/mol. The summed E-state index contributed by atoms with van der Waals surface area (Å²) in [7, 11) is 0. The molecule has 0 heterocycles. The van der Waals surface area contributed by atoms with Crippen LogP contribution in [0.3, 0.4) is 0 Å². The van der Waals surface area contributed by atoms with Crippen molar-refractivity contribution >= 4 is 15.9 Å². The molecular formula is C11H14BrF2N. The van der Waals surface area contributed by atoms with Crippen LogP contribution in [0, 0.1) is 17.6 Å². The van der Waals surface area contributed by atoms with Gasteiger partial charge >= 0.3 is 0 Å². The summed E-state index contributed by atoms with van der Waals surface area (Å²) in [6, 6.07) is 1.97. The van der Waals surface area contributed by atoms with Crippen LogP contribution in [-0.4, -0.2) is 0 Å². The van der Waals surface area contributed by atoms with Gasteiger partial charge in [-0.15, -0.1) is 0 Å². The molecule has 0 aliphatic heterocycles. The first kappa shape index (κ1) is 12.6. The highest BCUT2D eigenvalue weighted by Crippen LogP contribution is 2.28. The molecular weight excluding hydrogens is 264 g/mol. The molecule has 0 fully saturated rings. The van der Waals surface area contributed by atoms with Crippen molar-refractivity contribution in [1.82, 2.24) is 0 Å². The number of hydrogen-bond donors (Lipinski definition) is 1. The predicted molar refractivity (Wildman–Crippen MR) is 60.4 cm³/mol. The van der Waals surface area contributed by atoms with E-state index in [-0.39, 0.29) is 10.0 Å². The van der Waals surface area contributed by atoms with E-state index in [1.54, 1.807) is 0 Å². The molecule has 0 amide bonds. The van der Waals surface area contributed by atoms with E-state index in [0.29, 0.717) is 12.3 Å². The van der Waals surface area contributed by atoms with Crippen molar-refractivity contribution in [3.63, 3.8) is 0 Å². The molecule has 15 heavy (non-hydrogen) atoms. The van der Waals surface area contributed by atoms with Crippen molar-refractivity contribution < 1.29 is 8.78 Å². The lowest BCUT2D eigenvalue weighted by Gasteiger charge is -2.16. The van der Waals surface area contributed by atoms with Crippen molar-refractivity contribution in [1.29, 1.82) is 0 Å². The highest BCUT2D eigenvalue weighted by Gasteiger charge is 2.19. The summed E-state index contributed by atoms with van der Waals surface area (Å²) < 4.78 is 27.2. The number of benzene rings is 1. The van der Waals surface area contributed by atoms with Crippen LogP contribution in [-0.2, 0) is 0 Å². The van der Waals surface area contributed by atoms with Crippen LogP contribution in [0.25, 0.3) is 0 Å². The number of halogens is 3. The molecule has 0 aliphatic carbocycles. The molecule has 1 nitrogen and oxygen atoms in total. The lowest BCUT2D eigenvalue weighted by atomic mass is 9.97. The summed E-state index contributed by atoms with van der Waals surface area (Å²) in [5.74, 6) is -0.871. The van der Waals surface area contributed by atoms with Crippen molar-refractivity contribution in [3.05, 3.63) is 33.8 Å². The Morgan fingerprint density at radius 1 is 1.33 bits per heavy atom. The topological polar surface area (TPSA) is 26.0 Å². The van der Waals surface area contributed by atoms with Crippen LogP contribution in [0.1, 0.15) is 31.9 Å². The number of nitrogens with two attached hydrogens (primary N) is 1. The summed E-state index contributed by atoms with van der Waals surface area (Å²) in [5.41, 5.74) is 5.74. The Morgan fingerprint density at radius 3 is 2.47 bits per heavy atom. The zero-order valence-corrected chi connectivity index (χ0v) is 10.3. The normalized spacial score (nSPS) is 13.3. The second kappa shape index (κ2) is 5.03. The van der Waals surface area contributed by atoms with Gasteiger partial charge in [0, 0.05) is 11.6 Å². The van der Waals surface area contributed by atoms with Gasteiger partial charge in [-0.1, -0.05) is 13.8 Å². The second-order valence-electron chi connectivity index (χ2n) is 3.99. The SMILES string of the molecule is CC(C)CC(N)c1c(F)ccc(Br)c1F. The molecule has 1 unspecified atom stereocenters. The molecule has 2 N–H and O–H groups in total. The minimum atomic E-state index is -0.595. The van der Waals surface area contributed by atoms with Gasteiger partial charge in [-0.25, -0.2) is 8.78 Å². The highest BCUT2D eigenvalue weighted by atomic mass is 79.9. The van der Waals surface area contributed by atoms with Crippen molar-refractivity contribution in [2.75, 3.05) is 0 Å². The molecule has 1 aromatic rings. The summed E-state index contributed by atoms with van der Waals surface area (Å²) in [4.78, 5) is 0. The fourth-order valence-corrected chi connectivity index (χ4v) is 1.85. The molecule has 0 bridgehead atoms. The maximum atomic E-state index is 13.6. The second-order valence-corrected chi connectivity index (χ2v) is 4.85. The monoisotopic (exact) mass is 277 g/mol. The molecule has 1 atom stereocenters. The van der Waals surface area contributed by atoms with Crippen molar-refractivity contribution in [2.24, 2.45) is 11.7 Å². The van der Waals surface area contributed by atoms with Crippen LogP contribution in [0.15, 0.2) is 16.6 Å². The minimum absolute atomic E-state index is 0.0296. The third-order valence-corrected chi connectivity index (χ3v) is 2.79. The quantitative estimate of drug-likeness (QED) is 0.837. The van der Waals surface area contributed by atoms with Crippen molar-refractivity contribution in [2.45, 2.75) is 26.3 Å². The van der Waals surface area contributed by atoms with E-state index in [0.717, 1.165) is 0 Å². The van der Waals surface area contributed by atoms with Gasteiger partial charge < -0.3 is 5.73 Å². The predicted octanol–water partition coefficient (Wildman–Crippen LogP) is 3.77. The van der Waals surface area contributed by atoms with Gasteiger partial charge in [0.2, 0.25) is 0 Å². The smallest absolute Gasteiger partial charge is 0.145 e. The van der Waals surface area contributed by atoms with Gasteiger partial charge in [-0.05, 0) is 40.4 Å². The zero-order valence-electron chi connectivity index (χ0n) is 8.73. The molecule has 0 saturated carbocycles. The summed E-state index contributed by atoms with van der Waals surface area (Å²) in [5, 5.41) is 0. The lowest BCUT2D eigenvalue weighted by molar-refractivity contribution is 0.462. The van der Waals surface area contributed by atoms with E-state index in [1.165, 1.54) is 12.1 Å². The first-order valence-electron chi connectivity index (χ1n) is 4.82. The Balaban J connectivity index is 3.07. The van der Waals surface area contributed by atoms with Crippen LogP contribution in [0.4, 0.5) is 8.78 Å². The largest absolute Gasteiger partial charge is 0.324 e. The van der Waals surface area contributed by atoms with Gasteiger partial charge in [-0.3, -0.25) is 0 Å². The molecule has 0 radical (unpaired) electrons. The van der Waals surface area contributed by atoms with Crippen LogP contribution in [0.5, 0.6) is 0 Å². The van der Waals surface area contributed by atoms with Gasteiger partial charge in [0.1, 0.15) is 11.6 Å². The highest BCUT2D eigenvalue weighted by molar-refractivity contribution is 9.10. The zero-order chi connectivity index (χ0) is 11.6. The molecule has 0 saturated heterocycles. The third-order valence-electron chi connectivity index (χ3n) is 2.18. The number of hydrogen-bond acceptors (Lipinski definition) is 1. The minimum Gasteiger partial charge on any atom is -0.324 e. The Labute approximate surface area is 96.8 Å². The molecule has 0 aromatic heterocycles. The molecule has 1 aromatic carbocycles. The first-order chi connectivity index (χ1) is 6.93. The lowest BCUT2D eigenvalue weighted by Crippen LogP contribution is -2.16. The van der Waals surface area contributed by atoms with Crippen molar-refractivity contribution in [3.8, 4) is 0 Å². The van der Waals surface area contributed by atoms with Crippen LogP contribution < -0.4 is 5.73 Å². The third kappa shape index (κ3) is 2.98. The molecule has 0 spiro atoms. The Hall–Kier alpha value is -0.480. The van der Waals surface area contributed by atoms with Gasteiger partial charge in [0.25, 0.3) is 0 Å². The maximum absolute atomic E-state index is 13.6. The fraction of sp³-hybridized carbons (Fsp3) is 0.455. The van der Waals surface area contributed by atoms with E-state index in [2.05, 4.69) is 15.9 Å². The van der Waals surface area contributed by atoms with E-state index in [1.807, 2.05) is 13.8 Å². The first-order valence-corrected chi connectivity index (χ1v) is 5.61. The average Bonchev–Trinajstić information content (AvgIpc) is 2.11. The molecule has 1 rings (SSSR count). The summed E-state index contributed by atoms with van der Waals surface area (Å²) in [6.45, 7) is 3.93. The fourth-order valence-electron chi connectivity index (χ4n) is 1.51.